The minimum atomic E-state index is 0.00670. The first kappa shape index (κ1) is 15.6. The molecule has 1 N–H and O–H groups in total. The summed E-state index contributed by atoms with van der Waals surface area (Å²) in [5.41, 5.74) is 1.15. The van der Waals surface area contributed by atoms with E-state index in [2.05, 4.69) is 31.3 Å². The van der Waals surface area contributed by atoms with Gasteiger partial charge in [-0.1, -0.05) is 50.1 Å². The van der Waals surface area contributed by atoms with Crippen molar-refractivity contribution in [2.75, 3.05) is 0 Å². The molecule has 2 aliphatic carbocycles. The van der Waals surface area contributed by atoms with Crippen LogP contribution in [-0.4, -0.2) is 11.9 Å². The molecule has 0 aliphatic heterocycles. The highest BCUT2D eigenvalue weighted by atomic mass is 16.1. The van der Waals surface area contributed by atoms with Gasteiger partial charge in [0, 0.05) is 6.04 Å². The van der Waals surface area contributed by atoms with Crippen LogP contribution in [0, 0.1) is 17.8 Å². The zero-order valence-electron chi connectivity index (χ0n) is 13.9. The summed E-state index contributed by atoms with van der Waals surface area (Å²) in [5, 5.41) is 3.35. The molecular formula is C20H29NO. The molecule has 5 atom stereocenters. The van der Waals surface area contributed by atoms with Gasteiger partial charge in [-0.05, 0) is 55.9 Å². The van der Waals surface area contributed by atoms with E-state index in [0.29, 0.717) is 12.0 Å². The van der Waals surface area contributed by atoms with Crippen molar-refractivity contribution < 1.29 is 4.79 Å². The van der Waals surface area contributed by atoms with Gasteiger partial charge in [0.05, 0.1) is 5.92 Å². The third-order valence-electron chi connectivity index (χ3n) is 5.90. The van der Waals surface area contributed by atoms with Gasteiger partial charge in [-0.25, -0.2) is 0 Å². The van der Waals surface area contributed by atoms with Gasteiger partial charge >= 0.3 is 0 Å². The number of carbonyl (C=O) groups is 1. The number of hydrogen-bond acceptors (Lipinski definition) is 1. The fourth-order valence-electron chi connectivity index (χ4n) is 4.76. The summed E-state index contributed by atoms with van der Waals surface area (Å²) in [5.74, 6) is 2.74. The highest BCUT2D eigenvalue weighted by molar-refractivity contribution is 5.83. The van der Waals surface area contributed by atoms with Crippen LogP contribution >= 0.6 is 0 Å². The van der Waals surface area contributed by atoms with Crippen LogP contribution in [0.25, 0.3) is 0 Å². The van der Waals surface area contributed by atoms with E-state index in [1.54, 1.807) is 0 Å². The van der Waals surface area contributed by atoms with Gasteiger partial charge < -0.3 is 5.32 Å². The first-order valence-electron chi connectivity index (χ1n) is 9.04. The number of hydrogen-bond donors (Lipinski definition) is 1. The first-order chi connectivity index (χ1) is 10.7. The van der Waals surface area contributed by atoms with E-state index in [-0.39, 0.29) is 11.8 Å². The van der Waals surface area contributed by atoms with Crippen molar-refractivity contribution in [3.8, 4) is 0 Å². The van der Waals surface area contributed by atoms with E-state index >= 15 is 0 Å². The monoisotopic (exact) mass is 299 g/mol. The smallest absolute Gasteiger partial charge is 0.227 e. The van der Waals surface area contributed by atoms with Crippen molar-refractivity contribution in [1.82, 2.24) is 5.32 Å². The van der Waals surface area contributed by atoms with Crippen LogP contribution in [0.1, 0.15) is 63.9 Å². The van der Waals surface area contributed by atoms with Crippen LogP contribution in [0.3, 0.4) is 0 Å². The maximum absolute atomic E-state index is 12.8. The molecule has 22 heavy (non-hydrogen) atoms. The van der Waals surface area contributed by atoms with Crippen molar-refractivity contribution in [3.63, 3.8) is 0 Å². The molecular weight excluding hydrogens is 270 g/mol. The van der Waals surface area contributed by atoms with Crippen LogP contribution in [0.4, 0.5) is 0 Å². The quantitative estimate of drug-likeness (QED) is 0.822. The Kier molecular flexibility index (Phi) is 4.85. The van der Waals surface area contributed by atoms with Crippen molar-refractivity contribution in [3.05, 3.63) is 35.9 Å². The van der Waals surface area contributed by atoms with E-state index in [1.807, 2.05) is 18.2 Å². The topological polar surface area (TPSA) is 29.1 Å². The minimum Gasteiger partial charge on any atom is -0.353 e. The Hall–Kier alpha value is -1.31. The fourth-order valence-corrected chi connectivity index (χ4v) is 4.76. The lowest BCUT2D eigenvalue weighted by Crippen LogP contribution is -2.42. The molecule has 1 amide bonds. The summed E-state index contributed by atoms with van der Waals surface area (Å²) in [6.45, 7) is 4.37. The molecule has 120 valence electrons. The zero-order chi connectivity index (χ0) is 15.5. The SMILES string of the molecule is CCCC(C(=O)NC(C)C1CC2CCC1C2)c1ccccc1. The van der Waals surface area contributed by atoms with E-state index in [4.69, 9.17) is 0 Å². The molecule has 0 heterocycles. The van der Waals surface area contributed by atoms with Crippen molar-refractivity contribution in [1.29, 1.82) is 0 Å². The molecule has 0 aromatic heterocycles. The molecule has 5 unspecified atom stereocenters. The van der Waals surface area contributed by atoms with Crippen molar-refractivity contribution >= 4 is 5.91 Å². The van der Waals surface area contributed by atoms with E-state index < -0.39 is 0 Å². The molecule has 1 aromatic rings. The van der Waals surface area contributed by atoms with Gasteiger partial charge in [0.15, 0.2) is 0 Å². The van der Waals surface area contributed by atoms with Gasteiger partial charge in [0.25, 0.3) is 0 Å². The minimum absolute atomic E-state index is 0.00670. The number of carbonyl (C=O) groups excluding carboxylic acids is 1. The standard InChI is InChI=1S/C20H29NO/c1-3-7-18(16-8-5-4-6-9-16)20(22)21-14(2)19-13-15-10-11-17(19)12-15/h4-6,8-9,14-15,17-19H,3,7,10-13H2,1-2H3,(H,21,22). The van der Waals surface area contributed by atoms with Crippen molar-refractivity contribution in [2.45, 2.75) is 64.3 Å². The number of nitrogens with one attached hydrogen (secondary N) is 1. The molecule has 0 radical (unpaired) electrons. The Labute approximate surface area is 134 Å². The maximum atomic E-state index is 12.8. The molecule has 2 heteroatoms. The largest absolute Gasteiger partial charge is 0.353 e. The zero-order valence-corrected chi connectivity index (χ0v) is 13.9. The molecule has 2 nitrogen and oxygen atoms in total. The second-order valence-corrected chi connectivity index (χ2v) is 7.39. The predicted molar refractivity (Wildman–Crippen MR) is 90.6 cm³/mol. The summed E-state index contributed by atoms with van der Waals surface area (Å²) in [6.07, 6.45) is 7.50. The molecule has 1 aromatic carbocycles. The molecule has 2 fully saturated rings. The fraction of sp³-hybridized carbons (Fsp3) is 0.650. The summed E-state index contributed by atoms with van der Waals surface area (Å²) in [6, 6.07) is 10.6. The lowest BCUT2D eigenvalue weighted by molar-refractivity contribution is -0.123. The Balaban J connectivity index is 1.63. The maximum Gasteiger partial charge on any atom is 0.227 e. The molecule has 2 saturated carbocycles. The summed E-state index contributed by atoms with van der Waals surface area (Å²) >= 11 is 0. The lowest BCUT2D eigenvalue weighted by atomic mass is 9.83. The van der Waals surface area contributed by atoms with E-state index in [0.717, 1.165) is 30.2 Å². The molecule has 2 bridgehead atoms. The van der Waals surface area contributed by atoms with Gasteiger partial charge in [0.2, 0.25) is 5.91 Å². The summed E-state index contributed by atoms with van der Waals surface area (Å²) in [4.78, 5) is 12.8. The Morgan fingerprint density at radius 1 is 1.23 bits per heavy atom. The summed E-state index contributed by atoms with van der Waals surface area (Å²) < 4.78 is 0. The van der Waals surface area contributed by atoms with Crippen molar-refractivity contribution in [2.24, 2.45) is 17.8 Å². The van der Waals surface area contributed by atoms with E-state index in [9.17, 15) is 4.79 Å². The van der Waals surface area contributed by atoms with Crippen LogP contribution in [0.15, 0.2) is 30.3 Å². The Morgan fingerprint density at radius 3 is 2.59 bits per heavy atom. The summed E-state index contributed by atoms with van der Waals surface area (Å²) in [7, 11) is 0. The van der Waals surface area contributed by atoms with Crippen LogP contribution in [0.5, 0.6) is 0 Å². The molecule has 3 rings (SSSR count). The van der Waals surface area contributed by atoms with Gasteiger partial charge in [-0.2, -0.15) is 0 Å². The average molecular weight is 299 g/mol. The van der Waals surface area contributed by atoms with Gasteiger partial charge in [0.1, 0.15) is 0 Å². The highest BCUT2D eigenvalue weighted by Crippen LogP contribution is 2.49. The molecule has 2 aliphatic rings. The first-order valence-corrected chi connectivity index (χ1v) is 9.04. The third-order valence-corrected chi connectivity index (χ3v) is 5.90. The average Bonchev–Trinajstić information content (AvgIpc) is 3.16. The second kappa shape index (κ2) is 6.85. The highest BCUT2D eigenvalue weighted by Gasteiger charge is 2.42. The molecule has 0 spiro atoms. The molecule has 0 saturated heterocycles. The van der Waals surface area contributed by atoms with Crippen LogP contribution in [0.2, 0.25) is 0 Å². The van der Waals surface area contributed by atoms with E-state index in [1.165, 1.54) is 25.7 Å². The Morgan fingerprint density at radius 2 is 2.00 bits per heavy atom. The lowest BCUT2D eigenvalue weighted by Gasteiger charge is -2.30. The van der Waals surface area contributed by atoms with Crippen LogP contribution in [-0.2, 0) is 4.79 Å². The van der Waals surface area contributed by atoms with Gasteiger partial charge in [-0.15, -0.1) is 0 Å². The number of benzene rings is 1. The predicted octanol–water partition coefficient (Wildman–Crippen LogP) is 4.51. The van der Waals surface area contributed by atoms with Crippen LogP contribution < -0.4 is 5.32 Å². The number of fused-ring (bicyclic) bond motifs is 2. The second-order valence-electron chi connectivity index (χ2n) is 7.39. The van der Waals surface area contributed by atoms with Gasteiger partial charge in [-0.3, -0.25) is 4.79 Å². The number of amides is 1. The number of rotatable bonds is 6. The normalized spacial score (nSPS) is 29.3. The Bertz CT molecular complexity index is 498. The third kappa shape index (κ3) is 3.21.